The highest BCUT2D eigenvalue weighted by molar-refractivity contribution is 6.35. The number of rotatable bonds is 4. The number of halogens is 2. The van der Waals surface area contributed by atoms with Crippen molar-refractivity contribution in [2.45, 2.75) is 33.1 Å². The van der Waals surface area contributed by atoms with Crippen LogP contribution in [0, 0.1) is 6.92 Å². The first-order chi connectivity index (χ1) is 11.6. The van der Waals surface area contributed by atoms with Crippen molar-refractivity contribution in [2.24, 2.45) is 0 Å². The Hall–Kier alpha value is -1.91. The number of urea groups is 1. The van der Waals surface area contributed by atoms with Gasteiger partial charge in [0.2, 0.25) is 0 Å². The molecule has 0 radical (unpaired) electrons. The molecule has 134 valence electrons. The molecular weight excluding hydrogens is 359 g/mol. The minimum atomic E-state index is -0.400. The maximum absolute atomic E-state index is 12.0. The summed E-state index contributed by atoms with van der Waals surface area (Å²) in [7, 11) is 0. The Kier molecular flexibility index (Phi) is 6.20. The maximum atomic E-state index is 12.0. The van der Waals surface area contributed by atoms with E-state index in [1.807, 2.05) is 19.1 Å². The SMILES string of the molecule is Cc1ccc(OCNC(=O)Nc2cc(Cl)cc(Cl)c2)c(C(C)(C)C)c1. The molecule has 2 amide bonds. The van der Waals surface area contributed by atoms with Gasteiger partial charge in [0.05, 0.1) is 0 Å². The summed E-state index contributed by atoms with van der Waals surface area (Å²) in [5, 5.41) is 6.22. The third kappa shape index (κ3) is 5.83. The predicted octanol–water partition coefficient (Wildman–Crippen LogP) is 5.76. The van der Waals surface area contributed by atoms with Crippen LogP contribution in [0.2, 0.25) is 10.0 Å². The van der Waals surface area contributed by atoms with Crippen LogP contribution in [0.4, 0.5) is 10.5 Å². The van der Waals surface area contributed by atoms with Gasteiger partial charge in [-0.1, -0.05) is 61.7 Å². The highest BCUT2D eigenvalue weighted by atomic mass is 35.5. The fourth-order valence-electron chi connectivity index (χ4n) is 2.34. The highest BCUT2D eigenvalue weighted by Gasteiger charge is 2.19. The lowest BCUT2D eigenvalue weighted by Crippen LogP contribution is -2.32. The standard InChI is InChI=1S/C19H22Cl2N2O2/c1-12-5-6-17(16(7-12)19(2,3)4)25-11-22-18(24)23-15-9-13(20)8-14(21)10-15/h5-10H,11H2,1-4H3,(H2,22,23,24). The van der Waals surface area contributed by atoms with E-state index in [2.05, 4.69) is 37.5 Å². The maximum Gasteiger partial charge on any atom is 0.321 e. The van der Waals surface area contributed by atoms with Gasteiger partial charge in [-0.15, -0.1) is 0 Å². The molecule has 2 aromatic rings. The normalized spacial score (nSPS) is 11.1. The van der Waals surface area contributed by atoms with Crippen molar-refractivity contribution in [2.75, 3.05) is 12.0 Å². The van der Waals surface area contributed by atoms with Crippen LogP contribution in [0.25, 0.3) is 0 Å². The largest absolute Gasteiger partial charge is 0.473 e. The van der Waals surface area contributed by atoms with Crippen LogP contribution in [0.3, 0.4) is 0 Å². The quantitative estimate of drug-likeness (QED) is 0.662. The van der Waals surface area contributed by atoms with Crippen molar-refractivity contribution in [3.8, 4) is 5.75 Å². The molecule has 0 spiro atoms. The molecule has 2 rings (SSSR count). The summed E-state index contributed by atoms with van der Waals surface area (Å²) >= 11 is 11.8. The van der Waals surface area contributed by atoms with E-state index in [1.54, 1.807) is 18.2 Å². The highest BCUT2D eigenvalue weighted by Crippen LogP contribution is 2.32. The van der Waals surface area contributed by atoms with Crippen LogP contribution in [0.15, 0.2) is 36.4 Å². The molecule has 0 aliphatic carbocycles. The van der Waals surface area contributed by atoms with Gasteiger partial charge >= 0.3 is 6.03 Å². The molecule has 0 atom stereocenters. The van der Waals surface area contributed by atoms with Crippen molar-refractivity contribution in [1.82, 2.24) is 5.32 Å². The minimum absolute atomic E-state index is 0.0479. The van der Waals surface area contributed by atoms with Crippen molar-refractivity contribution in [3.63, 3.8) is 0 Å². The Morgan fingerprint density at radius 1 is 1.08 bits per heavy atom. The van der Waals surface area contributed by atoms with Gasteiger partial charge in [0.1, 0.15) is 5.75 Å². The Labute approximate surface area is 158 Å². The molecule has 4 nitrogen and oxygen atoms in total. The number of aryl methyl sites for hydroxylation is 1. The first-order valence-electron chi connectivity index (χ1n) is 7.90. The predicted molar refractivity (Wildman–Crippen MR) is 104 cm³/mol. The van der Waals surface area contributed by atoms with Crippen molar-refractivity contribution < 1.29 is 9.53 Å². The summed E-state index contributed by atoms with van der Waals surface area (Å²) in [5.74, 6) is 0.754. The van der Waals surface area contributed by atoms with Crippen molar-refractivity contribution in [3.05, 3.63) is 57.6 Å². The second-order valence-electron chi connectivity index (χ2n) is 6.83. The van der Waals surface area contributed by atoms with Gasteiger partial charge < -0.3 is 15.4 Å². The van der Waals surface area contributed by atoms with Crippen LogP contribution in [-0.2, 0) is 5.41 Å². The lowest BCUT2D eigenvalue weighted by molar-refractivity contribution is 0.233. The molecule has 0 aromatic heterocycles. The molecule has 0 fully saturated rings. The van der Waals surface area contributed by atoms with Crippen LogP contribution in [-0.4, -0.2) is 12.8 Å². The third-order valence-corrected chi connectivity index (χ3v) is 3.96. The summed E-state index contributed by atoms with van der Waals surface area (Å²) in [6, 6.07) is 10.4. The fourth-order valence-corrected chi connectivity index (χ4v) is 2.86. The van der Waals surface area contributed by atoms with E-state index in [0.29, 0.717) is 15.7 Å². The van der Waals surface area contributed by atoms with Gasteiger partial charge in [-0.25, -0.2) is 4.79 Å². The second-order valence-corrected chi connectivity index (χ2v) is 7.70. The molecule has 2 aromatic carbocycles. The van der Waals surface area contributed by atoms with Crippen LogP contribution in [0.1, 0.15) is 31.9 Å². The molecule has 0 saturated carbocycles. The van der Waals surface area contributed by atoms with Crippen molar-refractivity contribution in [1.29, 1.82) is 0 Å². The zero-order chi connectivity index (χ0) is 18.6. The second kappa shape index (κ2) is 7.98. The van der Waals surface area contributed by atoms with Crippen molar-refractivity contribution >= 4 is 34.9 Å². The zero-order valence-electron chi connectivity index (χ0n) is 14.7. The third-order valence-electron chi connectivity index (χ3n) is 3.52. The summed E-state index contributed by atoms with van der Waals surface area (Å²) in [4.78, 5) is 12.0. The molecule has 0 bridgehead atoms. The smallest absolute Gasteiger partial charge is 0.321 e. The molecule has 2 N–H and O–H groups in total. The summed E-state index contributed by atoms with van der Waals surface area (Å²) in [5.41, 5.74) is 2.72. The number of benzene rings is 2. The summed E-state index contributed by atoms with van der Waals surface area (Å²) in [6.45, 7) is 8.46. The molecular formula is C19H22Cl2N2O2. The monoisotopic (exact) mass is 380 g/mol. The average Bonchev–Trinajstić information content (AvgIpc) is 2.46. The van der Waals surface area contributed by atoms with Gasteiger partial charge in [0.25, 0.3) is 0 Å². The molecule has 0 aliphatic rings. The van der Waals surface area contributed by atoms with E-state index in [0.717, 1.165) is 11.3 Å². The molecule has 0 unspecified atom stereocenters. The Balaban J connectivity index is 1.95. The number of anilines is 1. The van der Waals surface area contributed by atoms with Crippen LogP contribution < -0.4 is 15.4 Å². The Morgan fingerprint density at radius 2 is 1.72 bits per heavy atom. The van der Waals surface area contributed by atoms with Gasteiger partial charge in [-0.2, -0.15) is 0 Å². The number of ether oxygens (including phenoxy) is 1. The number of nitrogens with one attached hydrogen (secondary N) is 2. The van der Waals surface area contributed by atoms with E-state index in [9.17, 15) is 4.79 Å². The van der Waals surface area contributed by atoms with E-state index in [1.165, 1.54) is 5.56 Å². The fraction of sp³-hybridized carbons (Fsp3) is 0.316. The summed E-state index contributed by atoms with van der Waals surface area (Å²) < 4.78 is 5.75. The first kappa shape index (κ1) is 19.4. The first-order valence-corrected chi connectivity index (χ1v) is 8.65. The number of hydrogen-bond acceptors (Lipinski definition) is 2. The van der Waals surface area contributed by atoms with Gasteiger partial charge in [0, 0.05) is 15.7 Å². The zero-order valence-corrected chi connectivity index (χ0v) is 16.3. The number of hydrogen-bond donors (Lipinski definition) is 2. The van der Waals surface area contributed by atoms with Crippen LogP contribution >= 0.6 is 23.2 Å². The average molecular weight is 381 g/mol. The molecule has 6 heteroatoms. The van der Waals surface area contributed by atoms with Gasteiger partial charge in [-0.05, 0) is 42.2 Å². The van der Waals surface area contributed by atoms with Gasteiger partial charge in [0.15, 0.2) is 6.73 Å². The molecule has 0 saturated heterocycles. The van der Waals surface area contributed by atoms with E-state index in [4.69, 9.17) is 27.9 Å². The Morgan fingerprint density at radius 3 is 2.32 bits per heavy atom. The van der Waals surface area contributed by atoms with Gasteiger partial charge in [-0.3, -0.25) is 0 Å². The molecule has 0 aliphatic heterocycles. The van der Waals surface area contributed by atoms with E-state index < -0.39 is 6.03 Å². The molecule has 0 heterocycles. The number of amides is 2. The number of carbonyl (C=O) groups is 1. The molecule has 25 heavy (non-hydrogen) atoms. The Bertz CT molecular complexity index is 750. The van der Waals surface area contributed by atoms with E-state index in [-0.39, 0.29) is 12.1 Å². The lowest BCUT2D eigenvalue weighted by atomic mass is 9.85. The number of carbonyl (C=O) groups excluding carboxylic acids is 1. The van der Waals surface area contributed by atoms with E-state index >= 15 is 0 Å². The minimum Gasteiger partial charge on any atom is -0.473 e. The lowest BCUT2D eigenvalue weighted by Gasteiger charge is -2.23. The summed E-state index contributed by atoms with van der Waals surface area (Å²) in [6.07, 6.45) is 0. The topological polar surface area (TPSA) is 50.4 Å². The van der Waals surface area contributed by atoms with Crippen LogP contribution in [0.5, 0.6) is 5.75 Å².